The van der Waals surface area contributed by atoms with E-state index in [1.165, 1.54) is 12.8 Å². The number of hydrogen-bond donors (Lipinski definition) is 0. The van der Waals surface area contributed by atoms with Gasteiger partial charge in [0.05, 0.1) is 5.41 Å². The summed E-state index contributed by atoms with van der Waals surface area (Å²) >= 11 is 0. The second-order valence-electron chi connectivity index (χ2n) is 18.7. The molecule has 47 heavy (non-hydrogen) atoms. The van der Waals surface area contributed by atoms with Gasteiger partial charge < -0.3 is 9.47 Å². The Bertz CT molecular complexity index is 1360. The maximum Gasteiger partial charge on any atom is 0.313 e. The average molecular weight is 645 g/mol. The SMILES string of the molecule is CCCCCC(=O)O[C@H]1CC[C@]2(C)[C@H]3CC=C4[C@@H]5CC(C)(C)CC[C@]5(C(=O)OCc5ccccc5)CC[C@@]4(C)[C@]3(C)CC[C@H]2C1(C)C. The molecule has 0 saturated heterocycles. The van der Waals surface area contributed by atoms with E-state index >= 15 is 0 Å². The second kappa shape index (κ2) is 12.3. The molecule has 260 valence electrons. The number of hydrogen-bond acceptors (Lipinski definition) is 4. The number of benzene rings is 1. The Hall–Kier alpha value is -2.10. The van der Waals surface area contributed by atoms with Gasteiger partial charge in [-0.25, -0.2) is 0 Å². The molecular weight excluding hydrogens is 580 g/mol. The van der Waals surface area contributed by atoms with Crippen molar-refractivity contribution in [1.29, 1.82) is 0 Å². The topological polar surface area (TPSA) is 52.6 Å². The third-order valence-electron chi connectivity index (χ3n) is 15.5. The maximum atomic E-state index is 14.3. The van der Waals surface area contributed by atoms with Gasteiger partial charge in [-0.1, -0.05) is 110 Å². The number of esters is 2. The van der Waals surface area contributed by atoms with Crippen molar-refractivity contribution >= 4 is 11.9 Å². The van der Waals surface area contributed by atoms with Crippen LogP contribution in [0.15, 0.2) is 42.0 Å². The zero-order valence-electron chi connectivity index (χ0n) is 31.0. The molecule has 8 atom stereocenters. The van der Waals surface area contributed by atoms with E-state index in [2.05, 4.69) is 73.6 Å². The molecule has 0 spiro atoms. The van der Waals surface area contributed by atoms with Crippen LogP contribution in [0.3, 0.4) is 0 Å². The lowest BCUT2D eigenvalue weighted by molar-refractivity contribution is -0.214. The van der Waals surface area contributed by atoms with Crippen molar-refractivity contribution in [2.45, 2.75) is 158 Å². The molecule has 0 aromatic heterocycles. The van der Waals surface area contributed by atoms with Crippen LogP contribution >= 0.6 is 0 Å². The lowest BCUT2D eigenvalue weighted by atomic mass is 9.33. The van der Waals surface area contributed by atoms with Crippen molar-refractivity contribution < 1.29 is 19.1 Å². The fraction of sp³-hybridized carbons (Fsp3) is 0.767. The van der Waals surface area contributed by atoms with Crippen LogP contribution in [0.5, 0.6) is 0 Å². The summed E-state index contributed by atoms with van der Waals surface area (Å²) in [6.45, 7) is 20.0. The number of carbonyl (C=O) groups excluding carboxylic acids is 2. The average Bonchev–Trinajstić information content (AvgIpc) is 3.02. The molecule has 0 amide bonds. The first-order valence-corrected chi connectivity index (χ1v) is 19.2. The first kappa shape index (κ1) is 34.8. The van der Waals surface area contributed by atoms with E-state index in [-0.39, 0.29) is 51.0 Å². The molecule has 0 aliphatic heterocycles. The standard InChI is InChI=1S/C43H64O4/c1-9-10-12-17-36(44)47-35-21-22-40(6)33(39(35,4)5)20-23-42(8)34(40)19-18-31-32-28-38(2,3)24-26-43(32,27-25-41(31,42)7)37(45)46-29-30-15-13-11-14-16-30/h11,13-16,18,32-35H,9-10,12,17,19-29H2,1-8H3/t32-,33-,34+,35-,40-,41+,42+,43-/m0/s1. The Balaban J connectivity index is 1.28. The van der Waals surface area contributed by atoms with Gasteiger partial charge in [-0.3, -0.25) is 9.59 Å². The van der Waals surface area contributed by atoms with Gasteiger partial charge in [-0.15, -0.1) is 0 Å². The van der Waals surface area contributed by atoms with Crippen LogP contribution in [-0.2, 0) is 25.7 Å². The third kappa shape index (κ3) is 5.64. The number of fused-ring (bicyclic) bond motifs is 7. The second-order valence-corrected chi connectivity index (χ2v) is 18.7. The first-order chi connectivity index (χ1) is 22.1. The smallest absolute Gasteiger partial charge is 0.313 e. The van der Waals surface area contributed by atoms with Crippen molar-refractivity contribution in [3.05, 3.63) is 47.5 Å². The van der Waals surface area contributed by atoms with Crippen LogP contribution in [0.2, 0.25) is 0 Å². The molecule has 0 N–H and O–H groups in total. The van der Waals surface area contributed by atoms with E-state index in [1.807, 2.05) is 18.2 Å². The number of carbonyl (C=O) groups is 2. The van der Waals surface area contributed by atoms with Crippen molar-refractivity contribution in [3.63, 3.8) is 0 Å². The predicted octanol–water partition coefficient (Wildman–Crippen LogP) is 11.0. The van der Waals surface area contributed by atoms with Gasteiger partial charge in [0.15, 0.2) is 0 Å². The first-order valence-electron chi connectivity index (χ1n) is 19.2. The van der Waals surface area contributed by atoms with Crippen LogP contribution in [0.4, 0.5) is 0 Å². The molecular formula is C43H64O4. The number of ether oxygens (including phenoxy) is 2. The van der Waals surface area contributed by atoms with Gasteiger partial charge in [-0.05, 0) is 116 Å². The van der Waals surface area contributed by atoms with Gasteiger partial charge in [0, 0.05) is 11.8 Å². The minimum atomic E-state index is -0.416. The summed E-state index contributed by atoms with van der Waals surface area (Å²) in [4.78, 5) is 27.2. The van der Waals surface area contributed by atoms with Crippen LogP contribution in [0.1, 0.15) is 151 Å². The Kier molecular flexibility index (Phi) is 9.13. The van der Waals surface area contributed by atoms with Gasteiger partial charge >= 0.3 is 11.9 Å². The Labute approximate surface area is 286 Å². The molecule has 4 saturated carbocycles. The van der Waals surface area contributed by atoms with Crippen LogP contribution < -0.4 is 0 Å². The van der Waals surface area contributed by atoms with Gasteiger partial charge in [-0.2, -0.15) is 0 Å². The molecule has 1 aromatic rings. The Morgan fingerprint density at radius 2 is 1.55 bits per heavy atom. The highest BCUT2D eigenvalue weighted by atomic mass is 16.5. The summed E-state index contributed by atoms with van der Waals surface area (Å²) in [5.41, 5.74) is 2.83. The van der Waals surface area contributed by atoms with E-state index < -0.39 is 5.41 Å². The Morgan fingerprint density at radius 1 is 0.830 bits per heavy atom. The highest BCUT2D eigenvalue weighted by molar-refractivity contribution is 5.79. The largest absolute Gasteiger partial charge is 0.462 e. The van der Waals surface area contributed by atoms with Crippen LogP contribution in [0.25, 0.3) is 0 Å². The molecule has 1 aromatic carbocycles. The predicted molar refractivity (Wildman–Crippen MR) is 189 cm³/mol. The molecule has 0 heterocycles. The van der Waals surface area contributed by atoms with Gasteiger partial charge in [0.25, 0.3) is 0 Å². The van der Waals surface area contributed by atoms with E-state index in [1.54, 1.807) is 5.57 Å². The van der Waals surface area contributed by atoms with E-state index in [0.29, 0.717) is 24.9 Å². The molecule has 5 aliphatic carbocycles. The summed E-state index contributed by atoms with van der Waals surface area (Å²) < 4.78 is 12.5. The summed E-state index contributed by atoms with van der Waals surface area (Å²) in [6, 6.07) is 10.2. The summed E-state index contributed by atoms with van der Waals surface area (Å²) in [7, 11) is 0. The summed E-state index contributed by atoms with van der Waals surface area (Å²) in [5, 5.41) is 0. The number of rotatable bonds is 8. The maximum absolute atomic E-state index is 14.3. The molecule has 0 radical (unpaired) electrons. The molecule has 0 unspecified atom stereocenters. The molecule has 6 rings (SSSR count). The van der Waals surface area contributed by atoms with E-state index in [4.69, 9.17) is 9.47 Å². The van der Waals surface area contributed by atoms with Gasteiger partial charge in [0.1, 0.15) is 12.7 Å². The van der Waals surface area contributed by atoms with Crippen molar-refractivity contribution in [3.8, 4) is 0 Å². The lowest BCUT2D eigenvalue weighted by Gasteiger charge is -2.71. The fourth-order valence-electron chi connectivity index (χ4n) is 12.4. The zero-order chi connectivity index (χ0) is 33.9. The van der Waals surface area contributed by atoms with Crippen molar-refractivity contribution in [1.82, 2.24) is 0 Å². The van der Waals surface area contributed by atoms with Crippen LogP contribution in [-0.4, -0.2) is 18.0 Å². The highest BCUT2D eigenvalue weighted by Gasteiger charge is 2.69. The summed E-state index contributed by atoms with van der Waals surface area (Å²) in [5.74, 6) is 1.39. The minimum absolute atomic E-state index is 0.00178. The molecule has 4 heteroatoms. The molecule has 4 fully saturated rings. The quantitative estimate of drug-likeness (QED) is 0.160. The third-order valence-corrected chi connectivity index (χ3v) is 15.5. The number of allylic oxidation sites excluding steroid dienone is 2. The molecule has 4 nitrogen and oxygen atoms in total. The molecule has 5 aliphatic rings. The van der Waals surface area contributed by atoms with E-state index in [9.17, 15) is 9.59 Å². The van der Waals surface area contributed by atoms with E-state index in [0.717, 1.165) is 76.2 Å². The Morgan fingerprint density at radius 3 is 2.28 bits per heavy atom. The number of unbranched alkanes of at least 4 members (excludes halogenated alkanes) is 2. The lowest BCUT2D eigenvalue weighted by Crippen LogP contribution is -2.65. The van der Waals surface area contributed by atoms with Gasteiger partial charge in [0.2, 0.25) is 0 Å². The fourth-order valence-corrected chi connectivity index (χ4v) is 12.4. The van der Waals surface area contributed by atoms with Crippen molar-refractivity contribution in [2.24, 2.45) is 50.2 Å². The zero-order valence-corrected chi connectivity index (χ0v) is 31.0. The molecule has 0 bridgehead atoms. The highest BCUT2D eigenvalue weighted by Crippen LogP contribution is 2.76. The normalized spacial score (nSPS) is 40.0. The van der Waals surface area contributed by atoms with Crippen LogP contribution in [0, 0.1) is 50.2 Å². The minimum Gasteiger partial charge on any atom is -0.462 e. The summed E-state index contributed by atoms with van der Waals surface area (Å²) in [6.07, 6.45) is 17.0. The van der Waals surface area contributed by atoms with Crippen molar-refractivity contribution in [2.75, 3.05) is 0 Å². The monoisotopic (exact) mass is 644 g/mol.